The van der Waals surface area contributed by atoms with Gasteiger partial charge in [-0.05, 0) is 18.8 Å². The molecule has 0 aromatic heterocycles. The van der Waals surface area contributed by atoms with Crippen LogP contribution >= 0.6 is 0 Å². The Bertz CT molecular complexity index is 308. The first-order chi connectivity index (χ1) is 7.66. The van der Waals surface area contributed by atoms with E-state index < -0.39 is 10.0 Å². The van der Waals surface area contributed by atoms with E-state index in [1.54, 1.807) is 0 Å². The Hall–Kier alpha value is -0.170. The third kappa shape index (κ3) is 4.37. The molecule has 1 saturated heterocycles. The highest BCUT2D eigenvalue weighted by Crippen LogP contribution is 2.27. The molecule has 0 spiro atoms. The minimum Gasteiger partial charge on any atom is -0.314 e. The van der Waals surface area contributed by atoms with Crippen molar-refractivity contribution in [2.24, 2.45) is 5.92 Å². The highest BCUT2D eigenvalue weighted by molar-refractivity contribution is 7.89. The molecule has 0 amide bonds. The Kier molecular flexibility index (Phi) is 4.18. The Morgan fingerprint density at radius 1 is 1.25 bits per heavy atom. The third-order valence-corrected chi connectivity index (χ3v) is 4.50. The zero-order valence-electron chi connectivity index (χ0n) is 9.61. The van der Waals surface area contributed by atoms with E-state index in [1.807, 2.05) is 0 Å². The lowest BCUT2D eigenvalue weighted by molar-refractivity contribution is 0.253. The molecule has 0 bridgehead atoms. The summed E-state index contributed by atoms with van der Waals surface area (Å²) >= 11 is 0. The Balaban J connectivity index is 1.65. The predicted molar refractivity (Wildman–Crippen MR) is 63.8 cm³/mol. The van der Waals surface area contributed by atoms with E-state index in [9.17, 15) is 8.42 Å². The molecule has 5 nitrogen and oxygen atoms in total. The van der Waals surface area contributed by atoms with Gasteiger partial charge in [-0.15, -0.1) is 0 Å². The van der Waals surface area contributed by atoms with Gasteiger partial charge < -0.3 is 5.32 Å². The number of rotatable bonds is 6. The van der Waals surface area contributed by atoms with Crippen molar-refractivity contribution < 1.29 is 8.42 Å². The van der Waals surface area contributed by atoms with Crippen molar-refractivity contribution >= 4 is 10.0 Å². The van der Waals surface area contributed by atoms with Crippen molar-refractivity contribution in [3.8, 4) is 0 Å². The molecule has 2 N–H and O–H groups in total. The lowest BCUT2D eigenvalue weighted by atomic mass is 10.4. The normalized spacial score (nSPS) is 23.5. The Labute approximate surface area is 97.6 Å². The third-order valence-electron chi connectivity index (χ3n) is 3.17. The minimum atomic E-state index is -3.05. The van der Waals surface area contributed by atoms with Gasteiger partial charge in [0, 0.05) is 39.3 Å². The fourth-order valence-electron chi connectivity index (χ4n) is 1.82. The van der Waals surface area contributed by atoms with Crippen LogP contribution in [-0.2, 0) is 10.0 Å². The molecule has 2 fully saturated rings. The molecule has 2 rings (SSSR count). The highest BCUT2D eigenvalue weighted by Gasteiger charge is 2.23. The summed E-state index contributed by atoms with van der Waals surface area (Å²) in [5.41, 5.74) is 0. The fraction of sp³-hybridized carbons (Fsp3) is 1.00. The van der Waals surface area contributed by atoms with Crippen LogP contribution in [0.4, 0.5) is 0 Å². The van der Waals surface area contributed by atoms with E-state index in [-0.39, 0.29) is 5.75 Å². The molecule has 0 aromatic rings. The van der Waals surface area contributed by atoms with Gasteiger partial charge in [0.2, 0.25) is 10.0 Å². The quantitative estimate of drug-likeness (QED) is 0.646. The van der Waals surface area contributed by atoms with Gasteiger partial charge in [-0.3, -0.25) is 4.90 Å². The topological polar surface area (TPSA) is 61.4 Å². The van der Waals surface area contributed by atoms with Crippen LogP contribution in [0, 0.1) is 5.92 Å². The van der Waals surface area contributed by atoms with E-state index in [0.717, 1.165) is 26.2 Å². The van der Waals surface area contributed by atoms with Gasteiger partial charge in [0.25, 0.3) is 0 Å². The van der Waals surface area contributed by atoms with Crippen molar-refractivity contribution in [1.29, 1.82) is 0 Å². The monoisotopic (exact) mass is 247 g/mol. The summed E-state index contributed by atoms with van der Waals surface area (Å²) < 4.78 is 26.0. The highest BCUT2D eigenvalue weighted by atomic mass is 32.2. The average Bonchev–Trinajstić information content (AvgIpc) is 3.09. The molecule has 16 heavy (non-hydrogen) atoms. The van der Waals surface area contributed by atoms with Gasteiger partial charge in [0.05, 0.1) is 5.75 Å². The molecule has 1 saturated carbocycles. The van der Waals surface area contributed by atoms with Crippen LogP contribution in [0.25, 0.3) is 0 Å². The molecule has 6 heteroatoms. The van der Waals surface area contributed by atoms with Crippen LogP contribution in [0.15, 0.2) is 0 Å². The Morgan fingerprint density at radius 3 is 2.56 bits per heavy atom. The van der Waals surface area contributed by atoms with Crippen LogP contribution in [0.2, 0.25) is 0 Å². The van der Waals surface area contributed by atoms with Crippen molar-refractivity contribution in [3.05, 3.63) is 0 Å². The molecule has 0 aromatic carbocycles. The van der Waals surface area contributed by atoms with Gasteiger partial charge in [-0.2, -0.15) is 0 Å². The average molecular weight is 247 g/mol. The minimum absolute atomic E-state index is 0.236. The number of nitrogens with zero attached hydrogens (tertiary/aromatic N) is 1. The second-order valence-corrected chi connectivity index (χ2v) is 6.63. The summed E-state index contributed by atoms with van der Waals surface area (Å²) in [5.74, 6) is 0.841. The summed E-state index contributed by atoms with van der Waals surface area (Å²) in [6.07, 6.45) is 2.36. The maximum Gasteiger partial charge on any atom is 0.212 e. The van der Waals surface area contributed by atoms with Crippen LogP contribution in [-0.4, -0.2) is 58.3 Å². The molecule has 0 radical (unpaired) electrons. The smallest absolute Gasteiger partial charge is 0.212 e. The number of nitrogens with one attached hydrogen (secondary N) is 2. The van der Waals surface area contributed by atoms with E-state index >= 15 is 0 Å². The van der Waals surface area contributed by atoms with Gasteiger partial charge >= 0.3 is 0 Å². The molecule has 0 unspecified atom stereocenters. The fourth-order valence-corrected chi connectivity index (χ4v) is 2.96. The first-order valence-electron chi connectivity index (χ1n) is 6.06. The van der Waals surface area contributed by atoms with Crippen LogP contribution in [0.3, 0.4) is 0 Å². The number of sulfonamides is 1. The van der Waals surface area contributed by atoms with Crippen LogP contribution in [0.1, 0.15) is 12.8 Å². The second-order valence-electron chi connectivity index (χ2n) is 4.70. The number of hydrogen-bond donors (Lipinski definition) is 2. The van der Waals surface area contributed by atoms with Crippen LogP contribution < -0.4 is 10.0 Å². The molecule has 0 atom stereocenters. The van der Waals surface area contributed by atoms with E-state index in [2.05, 4.69) is 14.9 Å². The van der Waals surface area contributed by atoms with Gasteiger partial charge in [-0.25, -0.2) is 13.1 Å². The lowest BCUT2D eigenvalue weighted by Gasteiger charge is -2.26. The Morgan fingerprint density at radius 2 is 1.94 bits per heavy atom. The first-order valence-corrected chi connectivity index (χ1v) is 7.71. The summed E-state index contributed by atoms with van der Waals surface area (Å²) in [5, 5.41) is 3.25. The molecule has 1 heterocycles. The predicted octanol–water partition coefficient (Wildman–Crippen LogP) is -0.779. The molecule has 1 aliphatic carbocycles. The number of piperazine rings is 1. The van der Waals surface area contributed by atoms with E-state index in [4.69, 9.17) is 0 Å². The number of hydrogen-bond acceptors (Lipinski definition) is 4. The maximum atomic E-state index is 11.7. The molecular weight excluding hydrogens is 226 g/mol. The van der Waals surface area contributed by atoms with E-state index in [0.29, 0.717) is 19.0 Å². The summed E-state index contributed by atoms with van der Waals surface area (Å²) in [6.45, 7) is 5.15. The van der Waals surface area contributed by atoms with Crippen molar-refractivity contribution in [3.63, 3.8) is 0 Å². The summed E-state index contributed by atoms with van der Waals surface area (Å²) in [4.78, 5) is 2.20. The zero-order chi connectivity index (χ0) is 11.4. The molecule has 1 aliphatic heterocycles. The largest absolute Gasteiger partial charge is 0.314 e. The van der Waals surface area contributed by atoms with Gasteiger partial charge in [0.15, 0.2) is 0 Å². The molecular formula is C10H21N3O2S. The zero-order valence-corrected chi connectivity index (χ0v) is 10.4. The lowest BCUT2D eigenvalue weighted by Crippen LogP contribution is -2.46. The van der Waals surface area contributed by atoms with Crippen molar-refractivity contribution in [1.82, 2.24) is 14.9 Å². The maximum absolute atomic E-state index is 11.7. The van der Waals surface area contributed by atoms with Crippen molar-refractivity contribution in [2.75, 3.05) is 45.0 Å². The molecule has 94 valence electrons. The first kappa shape index (κ1) is 12.3. The van der Waals surface area contributed by atoms with E-state index in [1.165, 1.54) is 12.8 Å². The van der Waals surface area contributed by atoms with Crippen LogP contribution in [0.5, 0.6) is 0 Å². The SMILES string of the molecule is O=S(=O)(CCN1CCNCC1)NCC1CC1. The standard InChI is InChI=1S/C10H21N3O2S/c14-16(15,12-9-10-1-2-10)8-7-13-5-3-11-4-6-13/h10-12H,1-9H2. The second kappa shape index (κ2) is 5.44. The van der Waals surface area contributed by atoms with Gasteiger partial charge in [0.1, 0.15) is 0 Å². The summed E-state index contributed by atoms with van der Waals surface area (Å²) in [6, 6.07) is 0. The molecule has 2 aliphatic rings. The summed E-state index contributed by atoms with van der Waals surface area (Å²) in [7, 11) is -3.05. The van der Waals surface area contributed by atoms with Gasteiger partial charge in [-0.1, -0.05) is 0 Å². The van der Waals surface area contributed by atoms with Crippen molar-refractivity contribution in [2.45, 2.75) is 12.8 Å².